The molecule has 2 heterocycles. The van der Waals surface area contributed by atoms with Crippen molar-refractivity contribution in [3.63, 3.8) is 0 Å². The number of carbonyl (C=O) groups excluding carboxylic acids is 1. The molecule has 0 spiro atoms. The first-order valence-electron chi connectivity index (χ1n) is 10.7. The van der Waals surface area contributed by atoms with E-state index in [1.807, 2.05) is 54.6 Å². The molecular weight excluding hydrogens is 418 g/mol. The first-order chi connectivity index (χ1) is 16.2. The predicted molar refractivity (Wildman–Crippen MR) is 128 cm³/mol. The van der Waals surface area contributed by atoms with Gasteiger partial charge in [0.15, 0.2) is 0 Å². The molecule has 0 fully saturated rings. The summed E-state index contributed by atoms with van der Waals surface area (Å²) in [7, 11) is 3.01. The number of ether oxygens (including phenoxy) is 2. The van der Waals surface area contributed by atoms with E-state index >= 15 is 0 Å². The second-order valence-corrected chi connectivity index (χ2v) is 7.30. The zero-order valence-corrected chi connectivity index (χ0v) is 18.6. The van der Waals surface area contributed by atoms with Crippen molar-refractivity contribution in [2.75, 3.05) is 26.1 Å². The molecule has 0 unspecified atom stereocenters. The standard InChI is InChI=1S/C26H25N3O4/c1-31-20-14-12-18(13-15-20)22-23-25(27-16-8-4-7-11-21(30)32-2)28-17-29-26(23)33-24(22)19-9-5-3-6-10-19/h3,5-7,9-15,17H,4,8,16H2,1-2H3,(H,27,28,29). The SMILES string of the molecule is COC(=O)C=CCCCNc1ncnc2oc(-c3ccccc3)c(-c3ccc(OC)cc3)c12. The molecule has 0 atom stereocenters. The highest BCUT2D eigenvalue weighted by Crippen LogP contribution is 2.42. The largest absolute Gasteiger partial charge is 0.497 e. The van der Waals surface area contributed by atoms with Gasteiger partial charge in [-0.3, -0.25) is 0 Å². The topological polar surface area (TPSA) is 86.5 Å². The van der Waals surface area contributed by atoms with Crippen molar-refractivity contribution in [2.24, 2.45) is 0 Å². The number of fused-ring (bicyclic) bond motifs is 1. The van der Waals surface area contributed by atoms with E-state index in [-0.39, 0.29) is 5.97 Å². The fourth-order valence-electron chi connectivity index (χ4n) is 3.57. The normalized spacial score (nSPS) is 11.1. The maximum atomic E-state index is 11.2. The summed E-state index contributed by atoms with van der Waals surface area (Å²) in [4.78, 5) is 20.1. The van der Waals surface area contributed by atoms with Crippen molar-refractivity contribution < 1.29 is 18.7 Å². The van der Waals surface area contributed by atoms with Gasteiger partial charge in [-0.05, 0) is 30.5 Å². The monoisotopic (exact) mass is 443 g/mol. The van der Waals surface area contributed by atoms with Crippen LogP contribution in [0.3, 0.4) is 0 Å². The van der Waals surface area contributed by atoms with Gasteiger partial charge in [-0.25, -0.2) is 14.8 Å². The Morgan fingerprint density at radius 1 is 1.03 bits per heavy atom. The van der Waals surface area contributed by atoms with Crippen LogP contribution in [-0.4, -0.2) is 36.7 Å². The van der Waals surface area contributed by atoms with Crippen molar-refractivity contribution in [3.8, 4) is 28.2 Å². The van der Waals surface area contributed by atoms with E-state index in [1.165, 1.54) is 19.5 Å². The van der Waals surface area contributed by atoms with E-state index in [9.17, 15) is 4.79 Å². The highest BCUT2D eigenvalue weighted by Gasteiger charge is 2.22. The maximum absolute atomic E-state index is 11.2. The lowest BCUT2D eigenvalue weighted by atomic mass is 9.99. The van der Waals surface area contributed by atoms with Crippen LogP contribution in [0.1, 0.15) is 12.8 Å². The molecule has 33 heavy (non-hydrogen) atoms. The number of allylic oxidation sites excluding steroid dienone is 1. The number of methoxy groups -OCH3 is 2. The average molecular weight is 444 g/mol. The number of anilines is 1. The van der Waals surface area contributed by atoms with Crippen molar-refractivity contribution in [2.45, 2.75) is 12.8 Å². The molecule has 0 saturated heterocycles. The van der Waals surface area contributed by atoms with Gasteiger partial charge in [0.25, 0.3) is 0 Å². The molecular formula is C26H25N3O4. The molecule has 1 N–H and O–H groups in total. The highest BCUT2D eigenvalue weighted by atomic mass is 16.5. The molecule has 4 rings (SSSR count). The van der Waals surface area contributed by atoms with Crippen molar-refractivity contribution in [1.29, 1.82) is 0 Å². The molecule has 4 aromatic rings. The number of benzene rings is 2. The number of hydrogen-bond donors (Lipinski definition) is 1. The molecule has 7 nitrogen and oxygen atoms in total. The van der Waals surface area contributed by atoms with Gasteiger partial charge in [0, 0.05) is 23.7 Å². The molecule has 2 aromatic carbocycles. The molecule has 0 aliphatic rings. The van der Waals surface area contributed by atoms with Gasteiger partial charge in [0.05, 0.1) is 19.6 Å². The maximum Gasteiger partial charge on any atom is 0.330 e. The molecule has 0 aliphatic heterocycles. The Labute approximate surface area is 192 Å². The lowest BCUT2D eigenvalue weighted by Gasteiger charge is -2.09. The molecule has 0 aliphatic carbocycles. The molecule has 0 bridgehead atoms. The minimum atomic E-state index is -0.351. The number of nitrogens with one attached hydrogen (secondary N) is 1. The van der Waals surface area contributed by atoms with Gasteiger partial charge in [-0.2, -0.15) is 0 Å². The summed E-state index contributed by atoms with van der Waals surface area (Å²) in [5, 5.41) is 4.23. The van der Waals surface area contributed by atoms with E-state index < -0.39 is 0 Å². The third-order valence-corrected chi connectivity index (χ3v) is 5.20. The number of nitrogens with zero attached hydrogens (tertiary/aromatic N) is 2. The summed E-state index contributed by atoms with van der Waals surface area (Å²) in [5.74, 6) is 1.87. The van der Waals surface area contributed by atoms with Crippen LogP contribution in [0.4, 0.5) is 5.82 Å². The smallest absolute Gasteiger partial charge is 0.330 e. The Morgan fingerprint density at radius 2 is 1.82 bits per heavy atom. The molecule has 7 heteroatoms. The number of furan rings is 1. The Balaban J connectivity index is 1.69. The summed E-state index contributed by atoms with van der Waals surface area (Å²) in [6.07, 6.45) is 6.30. The number of aromatic nitrogens is 2. The quantitative estimate of drug-likeness (QED) is 0.208. The van der Waals surface area contributed by atoms with Gasteiger partial charge >= 0.3 is 5.97 Å². The summed E-state index contributed by atoms with van der Waals surface area (Å²) in [6, 6.07) is 17.8. The van der Waals surface area contributed by atoms with E-state index in [0.717, 1.165) is 46.4 Å². The summed E-state index contributed by atoms with van der Waals surface area (Å²) < 4.78 is 16.2. The summed E-state index contributed by atoms with van der Waals surface area (Å²) in [5.41, 5.74) is 3.38. The van der Waals surface area contributed by atoms with Gasteiger partial charge in [-0.1, -0.05) is 48.5 Å². The molecule has 0 amide bonds. The lowest BCUT2D eigenvalue weighted by molar-refractivity contribution is -0.134. The van der Waals surface area contributed by atoms with Crippen LogP contribution in [0.2, 0.25) is 0 Å². The first kappa shape index (κ1) is 22.1. The van der Waals surface area contributed by atoms with Gasteiger partial charge < -0.3 is 19.2 Å². The summed E-state index contributed by atoms with van der Waals surface area (Å²) >= 11 is 0. The predicted octanol–water partition coefficient (Wildman–Crippen LogP) is 5.49. The van der Waals surface area contributed by atoms with Crippen LogP contribution in [0.5, 0.6) is 5.75 Å². The van der Waals surface area contributed by atoms with Crippen LogP contribution < -0.4 is 10.1 Å². The van der Waals surface area contributed by atoms with E-state index in [2.05, 4.69) is 20.0 Å². The van der Waals surface area contributed by atoms with Crippen LogP contribution in [0.25, 0.3) is 33.6 Å². The molecule has 168 valence electrons. The average Bonchev–Trinajstić information content (AvgIpc) is 3.27. The van der Waals surface area contributed by atoms with Gasteiger partial charge in [-0.15, -0.1) is 0 Å². The minimum absolute atomic E-state index is 0.351. The molecule has 0 saturated carbocycles. The number of hydrogen-bond acceptors (Lipinski definition) is 7. The highest BCUT2D eigenvalue weighted by molar-refractivity contribution is 6.05. The van der Waals surface area contributed by atoms with Gasteiger partial charge in [0.2, 0.25) is 5.71 Å². The third kappa shape index (κ3) is 5.03. The number of carbonyl (C=O) groups is 1. The zero-order valence-electron chi connectivity index (χ0n) is 18.6. The zero-order chi connectivity index (χ0) is 23.0. The third-order valence-electron chi connectivity index (χ3n) is 5.20. The van der Waals surface area contributed by atoms with Crippen LogP contribution in [-0.2, 0) is 9.53 Å². The summed E-state index contributed by atoms with van der Waals surface area (Å²) in [6.45, 7) is 0.672. The molecule has 0 radical (unpaired) electrons. The minimum Gasteiger partial charge on any atom is -0.497 e. The first-order valence-corrected chi connectivity index (χ1v) is 10.7. The van der Waals surface area contributed by atoms with E-state index in [1.54, 1.807) is 13.2 Å². The van der Waals surface area contributed by atoms with Crippen LogP contribution in [0.15, 0.2) is 77.5 Å². The van der Waals surface area contributed by atoms with E-state index in [4.69, 9.17) is 9.15 Å². The Morgan fingerprint density at radius 3 is 2.55 bits per heavy atom. The Hall–Kier alpha value is -4.13. The van der Waals surface area contributed by atoms with Gasteiger partial charge in [0.1, 0.15) is 23.7 Å². The van der Waals surface area contributed by atoms with Crippen molar-refractivity contribution in [1.82, 2.24) is 9.97 Å². The number of rotatable bonds is 9. The Bertz CT molecular complexity index is 1250. The van der Waals surface area contributed by atoms with Crippen LogP contribution in [0, 0.1) is 0 Å². The number of esters is 1. The second-order valence-electron chi connectivity index (χ2n) is 7.30. The van der Waals surface area contributed by atoms with Crippen molar-refractivity contribution in [3.05, 3.63) is 73.1 Å². The fraction of sp³-hybridized carbons (Fsp3) is 0.192. The van der Waals surface area contributed by atoms with Crippen LogP contribution >= 0.6 is 0 Å². The van der Waals surface area contributed by atoms with E-state index in [0.29, 0.717) is 18.1 Å². The second kappa shape index (κ2) is 10.5. The number of unbranched alkanes of at least 4 members (excludes halogenated alkanes) is 1. The van der Waals surface area contributed by atoms with Crippen molar-refractivity contribution >= 4 is 22.9 Å². The Kier molecular flexibility index (Phi) is 6.99. The molecule has 2 aromatic heterocycles. The fourth-order valence-corrected chi connectivity index (χ4v) is 3.57. The lowest BCUT2D eigenvalue weighted by Crippen LogP contribution is -2.04.